The quantitative estimate of drug-likeness (QED) is 0.884. The monoisotopic (exact) mass is 346 g/mol. The number of imidazole rings is 1. The summed E-state index contributed by atoms with van der Waals surface area (Å²) in [6.45, 7) is 3.57. The smallest absolute Gasteiger partial charge is 0.225 e. The molecule has 1 aromatic rings. The van der Waals surface area contributed by atoms with Gasteiger partial charge in [0.15, 0.2) is 0 Å². The van der Waals surface area contributed by atoms with Crippen molar-refractivity contribution in [2.24, 2.45) is 12.5 Å². The third-order valence-corrected chi connectivity index (χ3v) is 6.35. The Kier molecular flexibility index (Phi) is 4.82. The van der Waals surface area contributed by atoms with Crippen molar-refractivity contribution in [2.75, 3.05) is 19.7 Å². The van der Waals surface area contributed by atoms with Gasteiger partial charge in [0.1, 0.15) is 5.82 Å². The molecule has 3 aliphatic rings. The standard InChI is InChI=1S/C19H30N4O2/c1-22-10-9-21-17(22)14-23(16-13-19(16)5-7-20-8-6-19)18(24)12-15-4-2-3-11-25-15/h9-10,15-16,20H,2-8,11-14H2,1H3/t15-,16+/m0/s1. The summed E-state index contributed by atoms with van der Waals surface area (Å²) in [6.07, 6.45) is 11.2. The van der Waals surface area contributed by atoms with Crippen LogP contribution in [0.3, 0.4) is 0 Å². The summed E-state index contributed by atoms with van der Waals surface area (Å²) in [5, 5.41) is 3.45. The van der Waals surface area contributed by atoms with E-state index in [1.807, 2.05) is 24.0 Å². The van der Waals surface area contributed by atoms with Gasteiger partial charge in [0.05, 0.1) is 19.1 Å². The maximum atomic E-state index is 13.1. The molecule has 1 amide bonds. The van der Waals surface area contributed by atoms with Gasteiger partial charge in [-0.1, -0.05) is 0 Å². The Bertz CT molecular complexity index is 602. The Hall–Kier alpha value is -1.40. The number of hydrogen-bond donors (Lipinski definition) is 1. The number of hydrogen-bond acceptors (Lipinski definition) is 4. The zero-order valence-corrected chi connectivity index (χ0v) is 15.2. The fraction of sp³-hybridized carbons (Fsp3) is 0.789. The summed E-state index contributed by atoms with van der Waals surface area (Å²) in [6, 6.07) is 0.377. The van der Waals surface area contributed by atoms with Crippen LogP contribution >= 0.6 is 0 Å². The van der Waals surface area contributed by atoms with Crippen molar-refractivity contribution >= 4 is 5.91 Å². The lowest BCUT2D eigenvalue weighted by atomic mass is 9.93. The highest BCUT2D eigenvalue weighted by Crippen LogP contribution is 2.56. The zero-order valence-electron chi connectivity index (χ0n) is 15.2. The second-order valence-electron chi connectivity index (χ2n) is 8.00. The van der Waals surface area contributed by atoms with Crippen molar-refractivity contribution in [1.29, 1.82) is 0 Å². The molecule has 2 aliphatic heterocycles. The van der Waals surface area contributed by atoms with Crippen LogP contribution in [-0.4, -0.2) is 52.2 Å². The van der Waals surface area contributed by atoms with E-state index in [1.165, 1.54) is 19.3 Å². The minimum Gasteiger partial charge on any atom is -0.378 e. The van der Waals surface area contributed by atoms with Crippen molar-refractivity contribution in [3.63, 3.8) is 0 Å². The van der Waals surface area contributed by atoms with Crippen molar-refractivity contribution < 1.29 is 9.53 Å². The van der Waals surface area contributed by atoms with Crippen LogP contribution in [0.25, 0.3) is 0 Å². The number of ether oxygens (including phenoxy) is 1. The molecule has 2 atom stereocenters. The van der Waals surface area contributed by atoms with Gasteiger partial charge in [-0.15, -0.1) is 0 Å². The van der Waals surface area contributed by atoms with Crippen LogP contribution < -0.4 is 5.32 Å². The zero-order chi connectivity index (χ0) is 17.3. The minimum absolute atomic E-state index is 0.104. The molecule has 4 rings (SSSR count). The van der Waals surface area contributed by atoms with Gasteiger partial charge in [-0.2, -0.15) is 0 Å². The summed E-state index contributed by atoms with van der Waals surface area (Å²) >= 11 is 0. The molecule has 3 fully saturated rings. The molecular weight excluding hydrogens is 316 g/mol. The maximum absolute atomic E-state index is 13.1. The number of carbonyl (C=O) groups is 1. The number of carbonyl (C=O) groups excluding carboxylic acids is 1. The molecule has 138 valence electrons. The average Bonchev–Trinajstić information content (AvgIpc) is 3.14. The van der Waals surface area contributed by atoms with Crippen LogP contribution in [0.4, 0.5) is 0 Å². The number of amides is 1. The maximum Gasteiger partial charge on any atom is 0.225 e. The summed E-state index contributed by atoms with van der Waals surface area (Å²) in [4.78, 5) is 19.7. The second kappa shape index (κ2) is 7.08. The predicted molar refractivity (Wildman–Crippen MR) is 94.9 cm³/mol. The molecule has 6 heteroatoms. The van der Waals surface area contributed by atoms with E-state index in [2.05, 4.69) is 15.2 Å². The van der Waals surface area contributed by atoms with E-state index in [-0.39, 0.29) is 12.0 Å². The lowest BCUT2D eigenvalue weighted by Gasteiger charge is -2.31. The van der Waals surface area contributed by atoms with Gasteiger partial charge >= 0.3 is 0 Å². The van der Waals surface area contributed by atoms with Gasteiger partial charge in [-0.25, -0.2) is 4.98 Å². The first-order chi connectivity index (χ1) is 12.2. The second-order valence-corrected chi connectivity index (χ2v) is 8.00. The summed E-state index contributed by atoms with van der Waals surface area (Å²) in [5.41, 5.74) is 0.347. The summed E-state index contributed by atoms with van der Waals surface area (Å²) < 4.78 is 7.84. The van der Waals surface area contributed by atoms with Gasteiger partial charge in [0.2, 0.25) is 5.91 Å². The molecule has 0 aromatic carbocycles. The van der Waals surface area contributed by atoms with Crippen molar-refractivity contribution in [2.45, 2.75) is 63.6 Å². The Morgan fingerprint density at radius 2 is 2.28 bits per heavy atom. The molecule has 1 aliphatic carbocycles. The lowest BCUT2D eigenvalue weighted by molar-refractivity contribution is -0.137. The first kappa shape index (κ1) is 17.0. The molecular formula is C19H30N4O2. The van der Waals surface area contributed by atoms with Crippen LogP contribution in [0.15, 0.2) is 12.4 Å². The highest BCUT2D eigenvalue weighted by Gasteiger charge is 2.57. The Labute approximate surface area is 149 Å². The number of aryl methyl sites for hydroxylation is 1. The topological polar surface area (TPSA) is 59.4 Å². The molecule has 1 N–H and O–H groups in total. The minimum atomic E-state index is 0.104. The van der Waals surface area contributed by atoms with Gasteiger partial charge < -0.3 is 19.5 Å². The van der Waals surface area contributed by atoms with Crippen LogP contribution in [0.5, 0.6) is 0 Å². The number of aromatic nitrogens is 2. The van der Waals surface area contributed by atoms with E-state index < -0.39 is 0 Å². The Morgan fingerprint density at radius 3 is 2.96 bits per heavy atom. The first-order valence-electron chi connectivity index (χ1n) is 9.76. The van der Waals surface area contributed by atoms with Crippen molar-refractivity contribution in [1.82, 2.24) is 19.8 Å². The SMILES string of the molecule is Cn1ccnc1CN(C(=O)C[C@@H]1CCCCO1)[C@@H]1CC12CCNCC2. The highest BCUT2D eigenvalue weighted by atomic mass is 16.5. The predicted octanol–water partition coefficient (Wildman–Crippen LogP) is 1.85. The number of nitrogens with zero attached hydrogens (tertiary/aromatic N) is 3. The van der Waals surface area contributed by atoms with E-state index in [0.717, 1.165) is 44.8 Å². The van der Waals surface area contributed by atoms with E-state index >= 15 is 0 Å². The molecule has 1 spiro atoms. The molecule has 0 bridgehead atoms. The van der Waals surface area contributed by atoms with Gasteiger partial charge in [0.25, 0.3) is 0 Å². The summed E-state index contributed by atoms with van der Waals surface area (Å²) in [5.74, 6) is 1.21. The normalized spacial score (nSPS) is 28.0. The fourth-order valence-corrected chi connectivity index (χ4v) is 4.58. The fourth-order valence-electron chi connectivity index (χ4n) is 4.58. The van der Waals surface area contributed by atoms with Gasteiger partial charge in [0, 0.05) is 32.1 Å². The van der Waals surface area contributed by atoms with Crippen molar-refractivity contribution in [3.05, 3.63) is 18.2 Å². The van der Waals surface area contributed by atoms with Crippen LogP contribution in [0.2, 0.25) is 0 Å². The third kappa shape index (κ3) is 3.60. The van der Waals surface area contributed by atoms with E-state index in [4.69, 9.17) is 4.74 Å². The Morgan fingerprint density at radius 1 is 1.44 bits per heavy atom. The molecule has 1 saturated carbocycles. The number of rotatable bonds is 5. The number of piperidine rings is 1. The van der Waals surface area contributed by atoms with E-state index in [9.17, 15) is 4.79 Å². The van der Waals surface area contributed by atoms with Crippen LogP contribution in [0, 0.1) is 5.41 Å². The average molecular weight is 346 g/mol. The number of nitrogens with one attached hydrogen (secondary N) is 1. The molecule has 2 saturated heterocycles. The lowest BCUT2D eigenvalue weighted by Crippen LogP contribution is -2.41. The molecule has 3 heterocycles. The largest absolute Gasteiger partial charge is 0.378 e. The van der Waals surface area contributed by atoms with Gasteiger partial charge in [-0.3, -0.25) is 4.79 Å². The summed E-state index contributed by atoms with van der Waals surface area (Å²) in [7, 11) is 2.00. The Balaban J connectivity index is 1.47. The highest BCUT2D eigenvalue weighted by molar-refractivity contribution is 5.77. The van der Waals surface area contributed by atoms with E-state index in [0.29, 0.717) is 24.4 Å². The molecule has 0 unspecified atom stereocenters. The van der Waals surface area contributed by atoms with Crippen LogP contribution in [0.1, 0.15) is 50.8 Å². The third-order valence-electron chi connectivity index (χ3n) is 6.35. The van der Waals surface area contributed by atoms with E-state index in [1.54, 1.807) is 0 Å². The molecule has 6 nitrogen and oxygen atoms in total. The molecule has 25 heavy (non-hydrogen) atoms. The van der Waals surface area contributed by atoms with Crippen LogP contribution in [-0.2, 0) is 23.1 Å². The molecule has 1 aromatic heterocycles. The molecule has 0 radical (unpaired) electrons. The first-order valence-corrected chi connectivity index (χ1v) is 9.76. The van der Waals surface area contributed by atoms with Crippen molar-refractivity contribution in [3.8, 4) is 0 Å². The van der Waals surface area contributed by atoms with Gasteiger partial charge in [-0.05, 0) is 57.0 Å².